The maximum atomic E-state index is 13.6. The summed E-state index contributed by atoms with van der Waals surface area (Å²) in [6.45, 7) is 0. The van der Waals surface area contributed by atoms with Crippen LogP contribution in [0.5, 0.6) is 0 Å². The van der Waals surface area contributed by atoms with Crippen molar-refractivity contribution in [1.82, 2.24) is 9.78 Å². The van der Waals surface area contributed by atoms with Gasteiger partial charge >= 0.3 is 6.18 Å². The monoisotopic (exact) mass is 477 g/mol. The van der Waals surface area contributed by atoms with Gasteiger partial charge in [-0.3, -0.25) is 4.79 Å². The number of alkyl halides is 3. The van der Waals surface area contributed by atoms with Crippen molar-refractivity contribution in [1.29, 1.82) is 0 Å². The van der Waals surface area contributed by atoms with Gasteiger partial charge in [0.15, 0.2) is 5.69 Å². The van der Waals surface area contributed by atoms with E-state index in [1.165, 1.54) is 36.4 Å². The fourth-order valence-corrected chi connectivity index (χ4v) is 3.19. The van der Waals surface area contributed by atoms with Crippen LogP contribution in [0, 0.1) is 0 Å². The van der Waals surface area contributed by atoms with E-state index in [-0.39, 0.29) is 16.4 Å². The van der Waals surface area contributed by atoms with E-state index in [1.54, 1.807) is 6.07 Å². The highest BCUT2D eigenvalue weighted by Gasteiger charge is 2.40. The van der Waals surface area contributed by atoms with Crippen molar-refractivity contribution in [2.75, 3.05) is 5.32 Å². The maximum absolute atomic E-state index is 13.6. The Kier molecular flexibility index (Phi) is 5.50. The van der Waals surface area contributed by atoms with Crippen LogP contribution in [-0.4, -0.2) is 15.7 Å². The summed E-state index contributed by atoms with van der Waals surface area (Å²) in [6.07, 6.45) is -3.95. The smallest absolute Gasteiger partial charge is 0.321 e. The molecule has 140 valence electrons. The van der Waals surface area contributed by atoms with Crippen LogP contribution in [0.3, 0.4) is 0 Å². The Balaban J connectivity index is 2.02. The van der Waals surface area contributed by atoms with E-state index in [1.807, 2.05) is 0 Å². The second-order valence-corrected chi connectivity index (χ2v) is 7.13. The summed E-state index contributed by atoms with van der Waals surface area (Å²) in [5.41, 5.74) is -1.53. The summed E-state index contributed by atoms with van der Waals surface area (Å²) >= 11 is 15.0. The summed E-state index contributed by atoms with van der Waals surface area (Å²) < 4.78 is 42.2. The van der Waals surface area contributed by atoms with E-state index in [9.17, 15) is 18.0 Å². The number of carbonyl (C=O) groups is 1. The van der Waals surface area contributed by atoms with Gasteiger partial charge in [-0.05, 0) is 42.5 Å². The molecule has 0 saturated carbocycles. The van der Waals surface area contributed by atoms with Crippen molar-refractivity contribution in [3.05, 3.63) is 74.4 Å². The number of benzene rings is 2. The Bertz CT molecular complexity index is 1000. The van der Waals surface area contributed by atoms with Crippen molar-refractivity contribution in [2.24, 2.45) is 0 Å². The molecule has 0 aliphatic carbocycles. The minimum atomic E-state index is -4.81. The fourth-order valence-electron chi connectivity index (χ4n) is 2.35. The Hall–Kier alpha value is -2.03. The number of rotatable bonds is 3. The molecule has 0 radical (unpaired) electrons. The Morgan fingerprint density at radius 2 is 1.78 bits per heavy atom. The normalized spacial score (nSPS) is 11.5. The van der Waals surface area contributed by atoms with Crippen molar-refractivity contribution in [3.63, 3.8) is 0 Å². The fraction of sp³-hybridized carbons (Fsp3) is 0.0588. The lowest BCUT2D eigenvalue weighted by Crippen LogP contribution is -2.20. The first-order valence-corrected chi connectivity index (χ1v) is 8.89. The van der Waals surface area contributed by atoms with Gasteiger partial charge in [-0.25, -0.2) is 4.68 Å². The van der Waals surface area contributed by atoms with Crippen molar-refractivity contribution in [2.45, 2.75) is 6.18 Å². The third-order valence-corrected chi connectivity index (χ3v) is 4.59. The minimum Gasteiger partial charge on any atom is -0.321 e. The quantitative estimate of drug-likeness (QED) is 0.486. The number of nitrogens with zero attached hydrogens (tertiary/aromatic N) is 2. The molecular weight excluding hydrogens is 470 g/mol. The first-order valence-electron chi connectivity index (χ1n) is 7.34. The molecule has 3 aromatic rings. The zero-order valence-electron chi connectivity index (χ0n) is 13.2. The second-order valence-electron chi connectivity index (χ2n) is 5.37. The van der Waals surface area contributed by atoms with Crippen LogP contribution in [0.4, 0.5) is 18.9 Å². The average Bonchev–Trinajstić information content (AvgIpc) is 3.03. The molecule has 0 bridgehead atoms. The van der Waals surface area contributed by atoms with Gasteiger partial charge in [-0.1, -0.05) is 39.1 Å². The number of hydrogen-bond donors (Lipinski definition) is 1. The SMILES string of the molecule is O=C(Nc1ccc(Br)cc1Cl)c1cnn(-c2ccc(Cl)cc2)c1C(F)(F)F. The van der Waals surface area contributed by atoms with Gasteiger partial charge in [-0.15, -0.1) is 0 Å². The van der Waals surface area contributed by atoms with Crippen molar-refractivity contribution < 1.29 is 18.0 Å². The molecule has 0 spiro atoms. The van der Waals surface area contributed by atoms with E-state index in [2.05, 4.69) is 26.3 Å². The highest BCUT2D eigenvalue weighted by molar-refractivity contribution is 9.10. The third kappa shape index (κ3) is 4.28. The van der Waals surface area contributed by atoms with Crippen LogP contribution in [0.1, 0.15) is 16.1 Å². The molecular formula is C17H9BrCl2F3N3O. The number of amides is 1. The summed E-state index contributed by atoms with van der Waals surface area (Å²) in [7, 11) is 0. The Labute approximate surface area is 170 Å². The van der Waals surface area contributed by atoms with E-state index in [4.69, 9.17) is 23.2 Å². The lowest BCUT2D eigenvalue weighted by molar-refractivity contribution is -0.143. The minimum absolute atomic E-state index is 0.118. The van der Waals surface area contributed by atoms with Crippen LogP contribution < -0.4 is 5.32 Å². The van der Waals surface area contributed by atoms with Crippen LogP contribution in [0.15, 0.2) is 53.1 Å². The van der Waals surface area contributed by atoms with Gasteiger partial charge in [-0.2, -0.15) is 18.3 Å². The second kappa shape index (κ2) is 7.53. The molecule has 1 amide bonds. The Morgan fingerprint density at radius 1 is 1.11 bits per heavy atom. The predicted octanol–water partition coefficient (Wildman–Crippen LogP) is 6.21. The zero-order chi connectivity index (χ0) is 19.8. The molecule has 1 N–H and O–H groups in total. The molecule has 1 heterocycles. The van der Waals surface area contributed by atoms with E-state index < -0.39 is 23.3 Å². The number of hydrogen-bond acceptors (Lipinski definition) is 2. The summed E-state index contributed by atoms with van der Waals surface area (Å²) in [6, 6.07) is 10.2. The molecule has 1 aromatic heterocycles. The van der Waals surface area contributed by atoms with Gasteiger partial charge in [0.05, 0.1) is 28.2 Å². The summed E-state index contributed by atoms with van der Waals surface area (Å²) in [5, 5.41) is 6.65. The molecule has 4 nitrogen and oxygen atoms in total. The molecule has 0 saturated heterocycles. The molecule has 10 heteroatoms. The largest absolute Gasteiger partial charge is 0.434 e. The molecule has 3 rings (SSSR count). The highest BCUT2D eigenvalue weighted by atomic mass is 79.9. The molecule has 0 fully saturated rings. The average molecular weight is 479 g/mol. The van der Waals surface area contributed by atoms with E-state index in [0.717, 1.165) is 6.20 Å². The van der Waals surface area contributed by atoms with Gasteiger partial charge in [0, 0.05) is 9.50 Å². The molecule has 0 atom stereocenters. The van der Waals surface area contributed by atoms with Gasteiger partial charge in [0.2, 0.25) is 0 Å². The number of aromatic nitrogens is 2. The standard InChI is InChI=1S/C17H9BrCl2F3N3O/c18-9-1-6-14(13(20)7-9)25-16(27)12-8-24-26(15(12)17(21,22)23)11-4-2-10(19)3-5-11/h1-8H,(H,25,27). The lowest BCUT2D eigenvalue weighted by Gasteiger charge is -2.13. The van der Waals surface area contributed by atoms with Crippen molar-refractivity contribution in [3.8, 4) is 5.69 Å². The van der Waals surface area contributed by atoms with Crippen LogP contribution in [-0.2, 0) is 6.18 Å². The maximum Gasteiger partial charge on any atom is 0.434 e. The van der Waals surface area contributed by atoms with Crippen LogP contribution in [0.2, 0.25) is 10.0 Å². The van der Waals surface area contributed by atoms with Gasteiger partial charge < -0.3 is 5.32 Å². The van der Waals surface area contributed by atoms with Crippen molar-refractivity contribution >= 4 is 50.7 Å². The predicted molar refractivity (Wildman–Crippen MR) is 101 cm³/mol. The molecule has 0 aliphatic rings. The Morgan fingerprint density at radius 3 is 2.37 bits per heavy atom. The van der Waals surface area contributed by atoms with Gasteiger partial charge in [0.25, 0.3) is 5.91 Å². The first kappa shape index (κ1) is 19.7. The van der Waals surface area contributed by atoms with E-state index in [0.29, 0.717) is 14.2 Å². The van der Waals surface area contributed by atoms with Gasteiger partial charge in [0.1, 0.15) is 0 Å². The van der Waals surface area contributed by atoms with E-state index >= 15 is 0 Å². The number of carbonyl (C=O) groups excluding carboxylic acids is 1. The topological polar surface area (TPSA) is 46.9 Å². The third-order valence-electron chi connectivity index (χ3n) is 3.53. The van der Waals surface area contributed by atoms with Crippen LogP contribution in [0.25, 0.3) is 5.69 Å². The molecule has 27 heavy (non-hydrogen) atoms. The molecule has 0 unspecified atom stereocenters. The number of anilines is 1. The highest BCUT2D eigenvalue weighted by Crippen LogP contribution is 2.34. The van der Waals surface area contributed by atoms with Crippen LogP contribution >= 0.6 is 39.1 Å². The first-order chi connectivity index (χ1) is 12.7. The molecule has 2 aromatic carbocycles. The number of halogens is 6. The lowest BCUT2D eigenvalue weighted by atomic mass is 10.2. The zero-order valence-corrected chi connectivity index (χ0v) is 16.3. The number of nitrogens with one attached hydrogen (secondary N) is 1. The summed E-state index contributed by atoms with van der Waals surface area (Å²) in [4.78, 5) is 12.5. The molecule has 0 aliphatic heterocycles. The summed E-state index contributed by atoms with van der Waals surface area (Å²) in [5.74, 6) is -0.980.